The Morgan fingerprint density at radius 1 is 1.03 bits per heavy atom. The lowest BCUT2D eigenvalue weighted by Gasteiger charge is -2.24. The Kier molecular flexibility index (Phi) is 5.43. The van der Waals surface area contributed by atoms with E-state index in [1.54, 1.807) is 23.0 Å². The van der Waals surface area contributed by atoms with Gasteiger partial charge in [0.1, 0.15) is 5.69 Å². The van der Waals surface area contributed by atoms with Gasteiger partial charge in [-0.05, 0) is 54.2 Å². The van der Waals surface area contributed by atoms with Crippen LogP contribution in [0.15, 0.2) is 67.0 Å². The number of anilines is 1. The number of aromatic nitrogens is 3. The normalized spacial score (nSPS) is 14.6. The lowest BCUT2D eigenvalue weighted by atomic mass is 9.83. The van der Waals surface area contributed by atoms with Crippen molar-refractivity contribution in [1.29, 1.82) is 0 Å². The molecule has 5 rings (SSSR count). The molecule has 0 spiro atoms. The van der Waals surface area contributed by atoms with Gasteiger partial charge in [0, 0.05) is 22.5 Å². The predicted molar refractivity (Wildman–Crippen MR) is 124 cm³/mol. The molecule has 0 aliphatic heterocycles. The number of hydrogen-bond acceptors (Lipinski definition) is 3. The molecule has 2 aromatic carbocycles. The number of nitrogens with zero attached hydrogens (tertiary/aromatic N) is 3. The van der Waals surface area contributed by atoms with Gasteiger partial charge in [0.15, 0.2) is 5.65 Å². The largest absolute Gasteiger partial charge is 0.320 e. The van der Waals surface area contributed by atoms with Gasteiger partial charge in [0.05, 0.1) is 6.20 Å². The van der Waals surface area contributed by atoms with Crippen LogP contribution >= 0.6 is 11.6 Å². The number of halogens is 1. The molecule has 31 heavy (non-hydrogen) atoms. The van der Waals surface area contributed by atoms with E-state index in [1.165, 1.54) is 37.7 Å². The van der Waals surface area contributed by atoms with Crippen LogP contribution in [0.2, 0.25) is 5.02 Å². The number of carbonyl (C=O) groups is 1. The first-order valence-electron chi connectivity index (χ1n) is 10.7. The number of rotatable bonds is 4. The molecule has 0 atom stereocenters. The fourth-order valence-electron chi connectivity index (χ4n) is 4.42. The van der Waals surface area contributed by atoms with E-state index in [9.17, 15) is 4.79 Å². The Morgan fingerprint density at radius 2 is 1.87 bits per heavy atom. The SMILES string of the molecule is O=C(Nc1ccccc1C1CCCCC1)c1ccn2ncc(-c3cccc(Cl)c3)c2n1. The van der Waals surface area contributed by atoms with E-state index in [0.29, 0.717) is 22.3 Å². The van der Waals surface area contributed by atoms with Crippen molar-refractivity contribution in [1.82, 2.24) is 14.6 Å². The Bertz CT molecular complexity index is 1240. The van der Waals surface area contributed by atoms with Crippen LogP contribution in [0.3, 0.4) is 0 Å². The lowest BCUT2D eigenvalue weighted by Crippen LogP contribution is -2.17. The molecule has 0 unspecified atom stereocenters. The van der Waals surface area contributed by atoms with E-state index < -0.39 is 0 Å². The van der Waals surface area contributed by atoms with Crippen LogP contribution in [0.1, 0.15) is 54.1 Å². The highest BCUT2D eigenvalue weighted by Crippen LogP contribution is 2.36. The quantitative estimate of drug-likeness (QED) is 0.410. The first-order chi connectivity index (χ1) is 15.2. The van der Waals surface area contributed by atoms with E-state index in [2.05, 4.69) is 21.5 Å². The van der Waals surface area contributed by atoms with Crippen molar-refractivity contribution in [2.45, 2.75) is 38.0 Å². The summed E-state index contributed by atoms with van der Waals surface area (Å²) in [5.41, 5.74) is 4.82. The molecule has 1 saturated carbocycles. The maximum absolute atomic E-state index is 13.1. The number of nitrogens with one attached hydrogen (secondary N) is 1. The predicted octanol–water partition coefficient (Wildman–Crippen LogP) is 6.35. The van der Waals surface area contributed by atoms with Gasteiger partial charge in [-0.2, -0.15) is 5.10 Å². The fraction of sp³-hybridized carbons (Fsp3) is 0.240. The molecule has 2 aromatic heterocycles. The first-order valence-corrected chi connectivity index (χ1v) is 11.1. The molecule has 1 aliphatic rings. The van der Waals surface area contributed by atoms with Gasteiger partial charge < -0.3 is 5.32 Å². The van der Waals surface area contributed by atoms with E-state index in [0.717, 1.165) is 16.8 Å². The smallest absolute Gasteiger partial charge is 0.274 e. The highest BCUT2D eigenvalue weighted by molar-refractivity contribution is 6.30. The van der Waals surface area contributed by atoms with Gasteiger partial charge >= 0.3 is 0 Å². The van der Waals surface area contributed by atoms with Crippen molar-refractivity contribution < 1.29 is 4.79 Å². The van der Waals surface area contributed by atoms with Crippen LogP contribution in [-0.4, -0.2) is 20.5 Å². The van der Waals surface area contributed by atoms with E-state index in [4.69, 9.17) is 11.6 Å². The zero-order valence-electron chi connectivity index (χ0n) is 17.1. The summed E-state index contributed by atoms with van der Waals surface area (Å²) in [7, 11) is 0. The standard InChI is InChI=1S/C25H23ClN4O/c26-19-10-6-9-18(15-19)21-16-27-30-14-13-23(28-24(21)30)25(31)29-22-12-5-4-11-20(22)17-7-2-1-3-8-17/h4-6,9-17H,1-3,7-8H2,(H,29,31). The summed E-state index contributed by atoms with van der Waals surface area (Å²) >= 11 is 6.15. The van der Waals surface area contributed by atoms with E-state index in [-0.39, 0.29) is 5.91 Å². The molecule has 2 heterocycles. The summed E-state index contributed by atoms with van der Waals surface area (Å²) < 4.78 is 1.67. The Labute approximate surface area is 186 Å². The van der Waals surface area contributed by atoms with Crippen molar-refractivity contribution in [2.24, 2.45) is 0 Å². The molecule has 5 nitrogen and oxygen atoms in total. The average molecular weight is 431 g/mol. The summed E-state index contributed by atoms with van der Waals surface area (Å²) in [6.45, 7) is 0. The van der Waals surface area contributed by atoms with Crippen molar-refractivity contribution in [3.63, 3.8) is 0 Å². The molecule has 0 saturated heterocycles. The monoisotopic (exact) mass is 430 g/mol. The minimum Gasteiger partial charge on any atom is -0.320 e. The van der Waals surface area contributed by atoms with Crippen molar-refractivity contribution in [3.8, 4) is 11.1 Å². The fourth-order valence-corrected chi connectivity index (χ4v) is 4.61. The number of hydrogen-bond donors (Lipinski definition) is 1. The van der Waals surface area contributed by atoms with Crippen molar-refractivity contribution in [2.75, 3.05) is 5.32 Å². The maximum atomic E-state index is 13.1. The molecule has 1 fully saturated rings. The molecule has 1 N–H and O–H groups in total. The zero-order chi connectivity index (χ0) is 21.2. The molecule has 1 amide bonds. The van der Waals surface area contributed by atoms with Crippen LogP contribution in [0, 0.1) is 0 Å². The van der Waals surface area contributed by atoms with Gasteiger partial charge in [-0.3, -0.25) is 4.79 Å². The van der Waals surface area contributed by atoms with Crippen LogP contribution in [-0.2, 0) is 0 Å². The number of benzene rings is 2. The lowest BCUT2D eigenvalue weighted by molar-refractivity contribution is 0.102. The summed E-state index contributed by atoms with van der Waals surface area (Å²) in [5.74, 6) is 0.286. The second-order valence-electron chi connectivity index (χ2n) is 8.03. The summed E-state index contributed by atoms with van der Waals surface area (Å²) in [6.07, 6.45) is 9.66. The van der Waals surface area contributed by atoms with Crippen molar-refractivity contribution >= 4 is 28.8 Å². The summed E-state index contributed by atoms with van der Waals surface area (Å²) in [6, 6.07) is 17.4. The molecular formula is C25H23ClN4O. The molecule has 156 valence electrons. The number of fused-ring (bicyclic) bond motifs is 1. The third-order valence-corrected chi connectivity index (χ3v) is 6.23. The molecule has 1 aliphatic carbocycles. The van der Waals surface area contributed by atoms with Gasteiger partial charge in [-0.15, -0.1) is 0 Å². The minimum absolute atomic E-state index is 0.219. The first kappa shape index (κ1) is 19.8. The number of para-hydroxylation sites is 1. The topological polar surface area (TPSA) is 59.3 Å². The number of carbonyl (C=O) groups excluding carboxylic acids is 1. The van der Waals surface area contributed by atoms with Gasteiger partial charge in [-0.25, -0.2) is 9.50 Å². The van der Waals surface area contributed by atoms with Crippen LogP contribution < -0.4 is 5.32 Å². The van der Waals surface area contributed by atoms with E-state index >= 15 is 0 Å². The minimum atomic E-state index is -0.219. The van der Waals surface area contributed by atoms with Gasteiger partial charge in [0.2, 0.25) is 0 Å². The van der Waals surface area contributed by atoms with Crippen molar-refractivity contribution in [3.05, 3.63) is 83.3 Å². The Hall–Kier alpha value is -3.18. The van der Waals surface area contributed by atoms with Gasteiger partial charge in [0.25, 0.3) is 5.91 Å². The van der Waals surface area contributed by atoms with Crippen LogP contribution in [0.25, 0.3) is 16.8 Å². The Morgan fingerprint density at radius 3 is 2.71 bits per heavy atom. The number of amides is 1. The second kappa shape index (κ2) is 8.52. The molecule has 0 radical (unpaired) electrons. The highest BCUT2D eigenvalue weighted by atomic mass is 35.5. The van der Waals surface area contributed by atoms with E-state index in [1.807, 2.05) is 42.5 Å². The summed E-state index contributed by atoms with van der Waals surface area (Å²) in [5, 5.41) is 8.10. The molecular weight excluding hydrogens is 408 g/mol. The highest BCUT2D eigenvalue weighted by Gasteiger charge is 2.20. The Balaban J connectivity index is 1.45. The summed E-state index contributed by atoms with van der Waals surface area (Å²) in [4.78, 5) is 17.7. The average Bonchev–Trinajstić information content (AvgIpc) is 3.23. The third-order valence-electron chi connectivity index (χ3n) is 5.99. The van der Waals surface area contributed by atoms with Gasteiger partial charge in [-0.1, -0.05) is 61.2 Å². The second-order valence-corrected chi connectivity index (χ2v) is 8.46. The molecule has 4 aromatic rings. The molecule has 0 bridgehead atoms. The third kappa shape index (κ3) is 4.06. The zero-order valence-corrected chi connectivity index (χ0v) is 17.8. The molecule has 6 heteroatoms. The van der Waals surface area contributed by atoms with Crippen LogP contribution in [0.5, 0.6) is 0 Å². The van der Waals surface area contributed by atoms with Crippen LogP contribution in [0.4, 0.5) is 5.69 Å². The maximum Gasteiger partial charge on any atom is 0.274 e.